The summed E-state index contributed by atoms with van der Waals surface area (Å²) >= 11 is 3.13. The molecule has 28 heavy (non-hydrogen) atoms. The van der Waals surface area contributed by atoms with Gasteiger partial charge in [-0.2, -0.15) is 4.31 Å². The summed E-state index contributed by atoms with van der Waals surface area (Å²) in [5, 5.41) is 11.4. The van der Waals surface area contributed by atoms with E-state index in [9.17, 15) is 23.3 Å². The summed E-state index contributed by atoms with van der Waals surface area (Å²) in [7, 11) is -4.33. The Hall–Kier alpha value is -1.66. The molecule has 1 aromatic carbocycles. The predicted molar refractivity (Wildman–Crippen MR) is 103 cm³/mol. The lowest BCUT2D eigenvalue weighted by Gasteiger charge is -2.31. The van der Waals surface area contributed by atoms with Gasteiger partial charge in [0.25, 0.3) is 15.7 Å². The number of nitro groups is 1. The molecule has 9 nitrogen and oxygen atoms in total. The number of halogens is 1. The molecule has 0 saturated carbocycles. The Labute approximate surface area is 170 Å². The number of benzene rings is 1. The van der Waals surface area contributed by atoms with Gasteiger partial charge in [0.15, 0.2) is 10.7 Å². The Morgan fingerprint density at radius 3 is 2.64 bits per heavy atom. The molecule has 0 amide bonds. The first kappa shape index (κ1) is 21.1. The van der Waals surface area contributed by atoms with Crippen molar-refractivity contribution in [2.45, 2.75) is 47.6 Å². The summed E-state index contributed by atoms with van der Waals surface area (Å²) in [6.45, 7) is 3.21. The SMILES string of the molecule is CC1(C)O[C@H]2[C@H](C=C[C@@H]2N(CC(Br)C=O)S(=O)(=O)c2ccccc2[N+](=O)[O-])O1. The fourth-order valence-corrected chi connectivity index (χ4v) is 5.65. The number of para-hydroxylation sites is 1. The molecule has 0 bridgehead atoms. The molecular formula is C17H19BrN2O7S. The van der Waals surface area contributed by atoms with Gasteiger partial charge in [0.05, 0.1) is 15.8 Å². The fourth-order valence-electron chi connectivity index (χ4n) is 3.37. The Morgan fingerprint density at radius 1 is 1.32 bits per heavy atom. The summed E-state index contributed by atoms with van der Waals surface area (Å²) in [4.78, 5) is 20.5. The second-order valence-corrected chi connectivity index (χ2v) is 9.93. The molecule has 1 unspecified atom stereocenters. The van der Waals surface area contributed by atoms with Crippen LogP contribution in [0.2, 0.25) is 0 Å². The zero-order valence-electron chi connectivity index (χ0n) is 15.1. The number of ether oxygens (including phenoxy) is 2. The minimum absolute atomic E-state index is 0.222. The van der Waals surface area contributed by atoms with Gasteiger partial charge >= 0.3 is 0 Å². The number of hydrogen-bond donors (Lipinski definition) is 0. The average molecular weight is 475 g/mol. The summed E-state index contributed by atoms with van der Waals surface area (Å²) < 4.78 is 39.5. The van der Waals surface area contributed by atoms with Crippen LogP contribution in [-0.4, -0.2) is 59.3 Å². The van der Waals surface area contributed by atoms with E-state index < -0.39 is 54.4 Å². The Kier molecular flexibility index (Phi) is 5.74. The fraction of sp³-hybridized carbons (Fsp3) is 0.471. The van der Waals surface area contributed by atoms with E-state index in [1.807, 2.05) is 0 Å². The molecule has 0 N–H and O–H groups in total. The number of fused-ring (bicyclic) bond motifs is 1. The molecule has 1 aromatic rings. The summed E-state index contributed by atoms with van der Waals surface area (Å²) in [5.41, 5.74) is -0.535. The van der Waals surface area contributed by atoms with Crippen LogP contribution < -0.4 is 0 Å². The molecule has 0 aromatic heterocycles. The predicted octanol–water partition coefficient (Wildman–Crippen LogP) is 2.01. The van der Waals surface area contributed by atoms with Gasteiger partial charge in [0.1, 0.15) is 18.5 Å². The van der Waals surface area contributed by atoms with Crippen molar-refractivity contribution in [3.63, 3.8) is 0 Å². The standard InChI is InChI=1S/C17H19BrN2O7S/c1-17(2)26-14-8-7-13(16(14)27-17)19(9-11(18)10-21)28(24,25)15-6-4-3-5-12(15)20(22)23/h3-8,10-11,13-14,16H,9H2,1-2H3/t11?,13-,14-,16+/m0/s1. The Balaban J connectivity index is 2.05. The van der Waals surface area contributed by atoms with E-state index in [4.69, 9.17) is 9.47 Å². The van der Waals surface area contributed by atoms with E-state index in [1.165, 1.54) is 18.2 Å². The van der Waals surface area contributed by atoms with Crippen molar-refractivity contribution in [2.24, 2.45) is 0 Å². The van der Waals surface area contributed by atoms with Crippen LogP contribution in [0.3, 0.4) is 0 Å². The minimum atomic E-state index is -4.33. The normalized spacial score (nSPS) is 26.9. The quantitative estimate of drug-likeness (QED) is 0.195. The van der Waals surface area contributed by atoms with Crippen LogP contribution >= 0.6 is 15.9 Å². The van der Waals surface area contributed by atoms with Crippen molar-refractivity contribution >= 4 is 37.9 Å². The lowest BCUT2D eigenvalue weighted by atomic mass is 10.2. The van der Waals surface area contributed by atoms with E-state index >= 15 is 0 Å². The molecule has 1 saturated heterocycles. The van der Waals surface area contributed by atoms with Crippen molar-refractivity contribution in [1.82, 2.24) is 4.31 Å². The van der Waals surface area contributed by atoms with Gasteiger partial charge in [-0.25, -0.2) is 8.42 Å². The zero-order valence-corrected chi connectivity index (χ0v) is 17.5. The van der Waals surface area contributed by atoms with Crippen molar-refractivity contribution in [3.05, 3.63) is 46.5 Å². The number of nitro benzene ring substituents is 1. The van der Waals surface area contributed by atoms with Crippen LogP contribution in [0.15, 0.2) is 41.3 Å². The highest BCUT2D eigenvalue weighted by atomic mass is 79.9. The van der Waals surface area contributed by atoms with Gasteiger partial charge in [-0.15, -0.1) is 0 Å². The first-order valence-electron chi connectivity index (χ1n) is 8.45. The monoisotopic (exact) mass is 474 g/mol. The van der Waals surface area contributed by atoms with Crippen molar-refractivity contribution in [2.75, 3.05) is 6.54 Å². The molecule has 0 spiro atoms. The van der Waals surface area contributed by atoms with Gasteiger partial charge in [0.2, 0.25) is 0 Å². The summed E-state index contributed by atoms with van der Waals surface area (Å²) in [6, 6.07) is 4.33. The van der Waals surface area contributed by atoms with E-state index in [1.54, 1.807) is 26.0 Å². The number of aldehydes is 1. The molecule has 2 aliphatic rings. The van der Waals surface area contributed by atoms with Gasteiger partial charge in [0, 0.05) is 12.6 Å². The molecule has 0 radical (unpaired) electrons. The second-order valence-electron chi connectivity index (χ2n) is 6.89. The van der Waals surface area contributed by atoms with Gasteiger partial charge < -0.3 is 14.3 Å². The third-order valence-corrected chi connectivity index (χ3v) is 6.90. The number of alkyl halides is 1. The molecule has 3 rings (SSSR count). The number of nitrogens with zero attached hydrogens (tertiary/aromatic N) is 2. The van der Waals surface area contributed by atoms with Crippen LogP contribution in [0.25, 0.3) is 0 Å². The average Bonchev–Trinajstić information content (AvgIpc) is 3.14. The molecule has 1 aliphatic carbocycles. The van der Waals surface area contributed by atoms with Gasteiger partial charge in [-0.3, -0.25) is 10.1 Å². The zero-order chi connectivity index (χ0) is 20.7. The van der Waals surface area contributed by atoms with Crippen molar-refractivity contribution in [3.8, 4) is 0 Å². The Morgan fingerprint density at radius 2 is 2.00 bits per heavy atom. The number of sulfonamides is 1. The minimum Gasteiger partial charge on any atom is -0.342 e. The third kappa shape index (κ3) is 3.90. The molecular weight excluding hydrogens is 456 g/mol. The number of carbonyl (C=O) groups is 1. The summed E-state index contributed by atoms with van der Waals surface area (Å²) in [5.74, 6) is -0.898. The largest absolute Gasteiger partial charge is 0.342 e. The lowest BCUT2D eigenvalue weighted by molar-refractivity contribution is -0.387. The van der Waals surface area contributed by atoms with E-state index in [0.717, 1.165) is 10.4 Å². The highest BCUT2D eigenvalue weighted by Crippen LogP contribution is 2.39. The number of hydrogen-bond acceptors (Lipinski definition) is 7. The first-order chi connectivity index (χ1) is 13.1. The number of carbonyl (C=O) groups excluding carboxylic acids is 1. The highest BCUT2D eigenvalue weighted by molar-refractivity contribution is 9.10. The van der Waals surface area contributed by atoms with Crippen LogP contribution in [0.5, 0.6) is 0 Å². The molecule has 1 fully saturated rings. The Bertz CT molecular complexity index is 918. The maximum Gasteiger partial charge on any atom is 0.289 e. The van der Waals surface area contributed by atoms with Gasteiger partial charge in [-0.1, -0.05) is 40.2 Å². The van der Waals surface area contributed by atoms with E-state index in [-0.39, 0.29) is 6.54 Å². The number of rotatable bonds is 7. The molecule has 1 heterocycles. The molecule has 152 valence electrons. The maximum absolute atomic E-state index is 13.4. The first-order valence-corrected chi connectivity index (χ1v) is 10.8. The molecule has 11 heteroatoms. The maximum atomic E-state index is 13.4. The van der Waals surface area contributed by atoms with Crippen LogP contribution in [-0.2, 0) is 24.3 Å². The molecule has 1 aliphatic heterocycles. The van der Waals surface area contributed by atoms with Crippen LogP contribution in [0.4, 0.5) is 5.69 Å². The highest BCUT2D eigenvalue weighted by Gasteiger charge is 2.51. The lowest BCUT2D eigenvalue weighted by Crippen LogP contribution is -2.49. The molecule has 4 atom stereocenters. The van der Waals surface area contributed by atoms with Crippen molar-refractivity contribution in [1.29, 1.82) is 0 Å². The smallest absolute Gasteiger partial charge is 0.289 e. The van der Waals surface area contributed by atoms with Crippen LogP contribution in [0.1, 0.15) is 13.8 Å². The second kappa shape index (κ2) is 7.64. The van der Waals surface area contributed by atoms with Crippen LogP contribution in [0, 0.1) is 10.1 Å². The van der Waals surface area contributed by atoms with E-state index in [0.29, 0.717) is 6.29 Å². The van der Waals surface area contributed by atoms with E-state index in [2.05, 4.69) is 15.9 Å². The third-order valence-electron chi connectivity index (χ3n) is 4.48. The topological polar surface area (TPSA) is 116 Å². The van der Waals surface area contributed by atoms with Crippen molar-refractivity contribution < 1.29 is 27.6 Å². The van der Waals surface area contributed by atoms with Gasteiger partial charge in [-0.05, 0) is 19.9 Å². The summed E-state index contributed by atoms with van der Waals surface area (Å²) in [6.07, 6.45) is 2.82.